The molecule has 0 saturated carbocycles. The molecule has 0 saturated heterocycles. The Bertz CT molecular complexity index is 182. The predicted octanol–water partition coefficient (Wildman–Crippen LogP) is 2.18. The molecule has 0 atom stereocenters. The van der Waals surface area contributed by atoms with Gasteiger partial charge in [-0.1, -0.05) is 12.8 Å². The number of hydrogen-bond donors (Lipinski definition) is 2. The Morgan fingerprint density at radius 3 is 1.83 bits per heavy atom. The highest BCUT2D eigenvalue weighted by atomic mass is 19.4. The largest absolute Gasteiger partial charge is 0.503 e. The Labute approximate surface area is 66.8 Å². The van der Waals surface area contributed by atoms with E-state index < -0.39 is 12.3 Å². The fourth-order valence-corrected chi connectivity index (χ4v) is 0.189. The molecule has 0 aliphatic carbocycles. The first-order chi connectivity index (χ1) is 5.29. The lowest BCUT2D eigenvalue weighted by Gasteiger charge is -1.90. The monoisotopic (exact) mass is 184 g/mol. The second-order valence-electron chi connectivity index (χ2n) is 1.44. The molecule has 0 heterocycles. The molecule has 0 bridgehead atoms. The molecule has 3 nitrogen and oxygen atoms in total. The first kappa shape index (κ1) is 13.2. The molecule has 12 heavy (non-hydrogen) atoms. The van der Waals surface area contributed by atoms with Gasteiger partial charge < -0.3 is 10.2 Å². The smallest absolute Gasteiger partial charge is 0.450 e. The van der Waals surface area contributed by atoms with Crippen LogP contribution in [0.4, 0.5) is 18.0 Å². The third kappa shape index (κ3) is 38.2. The highest BCUT2D eigenvalue weighted by Gasteiger charge is 2.22. The van der Waals surface area contributed by atoms with Crippen molar-refractivity contribution in [1.82, 2.24) is 0 Å². The molecule has 0 amide bonds. The van der Waals surface area contributed by atoms with E-state index >= 15 is 0 Å². The van der Waals surface area contributed by atoms with E-state index in [-0.39, 0.29) is 6.42 Å². The van der Waals surface area contributed by atoms with Crippen LogP contribution in [0.1, 0.15) is 13.3 Å². The van der Waals surface area contributed by atoms with Crippen LogP contribution in [0.3, 0.4) is 0 Å². The molecule has 0 aromatic carbocycles. The van der Waals surface area contributed by atoms with E-state index in [4.69, 9.17) is 15.0 Å². The topological polar surface area (TPSA) is 57.5 Å². The molecular formula is C6H7F3O3. The molecule has 2 N–H and O–H groups in total. The van der Waals surface area contributed by atoms with Crippen LogP contribution in [-0.4, -0.2) is 22.5 Å². The first-order valence-corrected chi connectivity index (χ1v) is 2.78. The minimum Gasteiger partial charge on any atom is -0.450 e. The summed E-state index contributed by atoms with van der Waals surface area (Å²) < 4.78 is 33.2. The van der Waals surface area contributed by atoms with Crippen LogP contribution in [0.15, 0.2) is 0 Å². The predicted molar refractivity (Wildman–Crippen MR) is 34.8 cm³/mol. The van der Waals surface area contributed by atoms with Crippen LogP contribution in [0.2, 0.25) is 0 Å². The van der Waals surface area contributed by atoms with Crippen molar-refractivity contribution in [2.45, 2.75) is 19.5 Å². The third-order valence-corrected chi connectivity index (χ3v) is 0.407. The van der Waals surface area contributed by atoms with Gasteiger partial charge in [0.15, 0.2) is 0 Å². The zero-order chi connectivity index (χ0) is 10.2. The van der Waals surface area contributed by atoms with E-state index in [1.807, 2.05) is 5.92 Å². The lowest BCUT2D eigenvalue weighted by Crippen LogP contribution is -2.00. The number of carbonyl (C=O) groups is 1. The summed E-state index contributed by atoms with van der Waals surface area (Å²) in [5, 5.41) is 13.9. The summed E-state index contributed by atoms with van der Waals surface area (Å²) in [6.07, 6.45) is -5.89. The lowest BCUT2D eigenvalue weighted by atomic mass is 10.5. The Balaban J connectivity index is 0. The molecule has 0 aliphatic heterocycles. The molecule has 0 spiro atoms. The number of rotatable bonds is 0. The summed E-state index contributed by atoms with van der Waals surface area (Å²) in [7, 11) is 0. The average Bonchev–Trinajstić information content (AvgIpc) is 1.80. The first-order valence-electron chi connectivity index (χ1n) is 2.78. The minimum atomic E-state index is -4.31. The summed E-state index contributed by atoms with van der Waals surface area (Å²) >= 11 is 0. The van der Waals surface area contributed by atoms with Crippen LogP contribution in [0.5, 0.6) is 0 Å². The third-order valence-electron chi connectivity index (χ3n) is 0.407. The van der Waals surface area contributed by atoms with E-state index in [9.17, 15) is 13.2 Å². The normalized spacial score (nSPS) is 8.67. The second kappa shape index (κ2) is 6.34. The highest BCUT2D eigenvalue weighted by Crippen LogP contribution is 2.11. The van der Waals surface area contributed by atoms with Crippen LogP contribution in [0.25, 0.3) is 0 Å². The van der Waals surface area contributed by atoms with E-state index in [0.29, 0.717) is 0 Å². The van der Waals surface area contributed by atoms with Crippen molar-refractivity contribution in [2.24, 2.45) is 0 Å². The molecule has 0 fully saturated rings. The van der Waals surface area contributed by atoms with E-state index in [2.05, 4.69) is 0 Å². The maximum absolute atomic E-state index is 11.1. The van der Waals surface area contributed by atoms with Crippen molar-refractivity contribution in [3.05, 3.63) is 0 Å². The summed E-state index contributed by atoms with van der Waals surface area (Å²) in [6, 6.07) is 0. The van der Waals surface area contributed by atoms with E-state index in [0.717, 1.165) is 5.92 Å². The van der Waals surface area contributed by atoms with Gasteiger partial charge in [-0.2, -0.15) is 13.2 Å². The summed E-state index contributed by atoms with van der Waals surface area (Å²) in [5.74, 6) is 3.03. The van der Waals surface area contributed by atoms with Gasteiger partial charge in [0.05, 0.1) is 0 Å². The fourth-order valence-electron chi connectivity index (χ4n) is 0.189. The van der Waals surface area contributed by atoms with Crippen LogP contribution >= 0.6 is 0 Å². The van der Waals surface area contributed by atoms with E-state index in [1.165, 1.54) is 0 Å². The maximum Gasteiger partial charge on any atom is 0.503 e. The quantitative estimate of drug-likeness (QED) is 0.567. The van der Waals surface area contributed by atoms with Crippen molar-refractivity contribution in [1.29, 1.82) is 0 Å². The van der Waals surface area contributed by atoms with Crippen molar-refractivity contribution < 1.29 is 28.2 Å². The maximum atomic E-state index is 11.1. The minimum absolute atomic E-state index is 0.250. The summed E-state index contributed by atoms with van der Waals surface area (Å²) in [6.45, 7) is 1.57. The molecule has 0 aromatic rings. The van der Waals surface area contributed by atoms with Gasteiger partial charge in [0.25, 0.3) is 0 Å². The lowest BCUT2D eigenvalue weighted by molar-refractivity contribution is -0.0697. The molecule has 0 aromatic heterocycles. The van der Waals surface area contributed by atoms with Crippen LogP contribution in [0, 0.1) is 11.8 Å². The Kier molecular flexibility index (Phi) is 6.99. The van der Waals surface area contributed by atoms with Crippen molar-refractivity contribution in [3.63, 3.8) is 0 Å². The van der Waals surface area contributed by atoms with Crippen molar-refractivity contribution in [2.75, 3.05) is 0 Å². The van der Waals surface area contributed by atoms with Gasteiger partial charge in [0.2, 0.25) is 0 Å². The van der Waals surface area contributed by atoms with Gasteiger partial charge in [-0.05, 0) is 0 Å². The van der Waals surface area contributed by atoms with Gasteiger partial charge >= 0.3 is 12.3 Å². The van der Waals surface area contributed by atoms with Gasteiger partial charge in [-0.15, -0.1) is 0 Å². The van der Waals surface area contributed by atoms with Gasteiger partial charge in [-0.25, -0.2) is 4.79 Å². The zero-order valence-corrected chi connectivity index (χ0v) is 6.14. The van der Waals surface area contributed by atoms with Crippen LogP contribution < -0.4 is 0 Å². The Hall–Kier alpha value is -1.38. The van der Waals surface area contributed by atoms with Gasteiger partial charge in [-0.3, -0.25) is 0 Å². The zero-order valence-electron chi connectivity index (χ0n) is 6.14. The van der Waals surface area contributed by atoms with Gasteiger partial charge in [0.1, 0.15) is 0 Å². The molecule has 0 aliphatic rings. The van der Waals surface area contributed by atoms with E-state index in [1.54, 1.807) is 6.92 Å². The molecule has 0 radical (unpaired) electrons. The number of hydrogen-bond acceptors (Lipinski definition) is 1. The summed E-state index contributed by atoms with van der Waals surface area (Å²) in [5.41, 5.74) is 0. The number of carboxylic acid groups (broad SMARTS) is 2. The average molecular weight is 184 g/mol. The number of alkyl halides is 3. The van der Waals surface area contributed by atoms with Gasteiger partial charge in [0, 0.05) is 12.3 Å². The SMILES string of the molecule is CCC#CC(F)(F)F.O=C(O)O. The van der Waals surface area contributed by atoms with Crippen molar-refractivity contribution >= 4 is 6.16 Å². The highest BCUT2D eigenvalue weighted by molar-refractivity contribution is 5.53. The van der Waals surface area contributed by atoms with Crippen LogP contribution in [-0.2, 0) is 0 Å². The second-order valence-corrected chi connectivity index (χ2v) is 1.44. The molecule has 0 unspecified atom stereocenters. The Morgan fingerprint density at radius 2 is 1.75 bits per heavy atom. The van der Waals surface area contributed by atoms with Crippen molar-refractivity contribution in [3.8, 4) is 11.8 Å². The molecular weight excluding hydrogens is 177 g/mol. The number of halogens is 3. The molecule has 0 rings (SSSR count). The fraction of sp³-hybridized carbons (Fsp3) is 0.500. The molecule has 6 heteroatoms. The summed E-state index contributed by atoms with van der Waals surface area (Å²) in [4.78, 5) is 8.56. The Morgan fingerprint density at radius 1 is 1.42 bits per heavy atom. The standard InChI is InChI=1S/C5H5F3.CH2O3/c1-2-3-4-5(6,7)8;2-1(3)4/h2H2,1H3;(H2,2,3,4). The molecule has 70 valence electrons.